The summed E-state index contributed by atoms with van der Waals surface area (Å²) in [6, 6.07) is 13.7. The van der Waals surface area contributed by atoms with E-state index in [4.69, 9.17) is 9.84 Å². The van der Waals surface area contributed by atoms with E-state index in [0.717, 1.165) is 23.1 Å². The fourth-order valence-electron chi connectivity index (χ4n) is 2.71. The van der Waals surface area contributed by atoms with Crippen LogP contribution in [0.2, 0.25) is 0 Å². The van der Waals surface area contributed by atoms with Gasteiger partial charge in [-0.25, -0.2) is 4.79 Å². The van der Waals surface area contributed by atoms with Crippen LogP contribution in [-0.4, -0.2) is 11.3 Å². The summed E-state index contributed by atoms with van der Waals surface area (Å²) < 4.78 is 5.03. The average Bonchev–Trinajstić information content (AvgIpc) is 2.45. The second-order valence-electron chi connectivity index (χ2n) is 6.31. The molecule has 2 aromatic carbocycles. The topological polar surface area (TPSA) is 46.5 Å². The fraction of sp³-hybridized carbons (Fsp3) is 0.316. The van der Waals surface area contributed by atoms with Crippen LogP contribution in [0.25, 0.3) is 11.1 Å². The molecule has 22 heavy (non-hydrogen) atoms. The summed E-state index contributed by atoms with van der Waals surface area (Å²) in [6.07, 6.45) is -0.479. The third-order valence-electron chi connectivity index (χ3n) is 3.70. The van der Waals surface area contributed by atoms with Gasteiger partial charge in [0.2, 0.25) is 0 Å². The van der Waals surface area contributed by atoms with Crippen LogP contribution in [0.1, 0.15) is 38.8 Å². The number of aryl methyl sites for hydroxylation is 1. The van der Waals surface area contributed by atoms with E-state index in [2.05, 4.69) is 33.8 Å². The molecule has 3 nitrogen and oxygen atoms in total. The summed E-state index contributed by atoms with van der Waals surface area (Å²) in [5.74, 6) is 0.392. The van der Waals surface area contributed by atoms with Gasteiger partial charge in [0.1, 0.15) is 5.75 Å². The van der Waals surface area contributed by atoms with Crippen molar-refractivity contribution in [2.75, 3.05) is 0 Å². The van der Waals surface area contributed by atoms with Crippen molar-refractivity contribution in [3.8, 4) is 16.9 Å². The molecule has 0 aliphatic heterocycles. The van der Waals surface area contributed by atoms with Crippen molar-refractivity contribution in [2.45, 2.75) is 39.5 Å². The van der Waals surface area contributed by atoms with E-state index in [0.29, 0.717) is 5.75 Å². The number of carboxylic acid groups (broad SMARTS) is 1. The molecule has 116 valence electrons. The molecule has 2 aromatic rings. The van der Waals surface area contributed by atoms with Crippen LogP contribution in [0.3, 0.4) is 0 Å². The fourth-order valence-corrected chi connectivity index (χ4v) is 2.71. The van der Waals surface area contributed by atoms with E-state index in [9.17, 15) is 4.79 Å². The van der Waals surface area contributed by atoms with Gasteiger partial charge in [-0.3, -0.25) is 0 Å². The number of rotatable bonds is 3. The maximum absolute atomic E-state index is 11.0. The molecule has 0 spiro atoms. The lowest BCUT2D eigenvalue weighted by atomic mass is 9.80. The Hall–Kier alpha value is -2.29. The maximum Gasteiger partial charge on any atom is 0.511 e. The van der Waals surface area contributed by atoms with Crippen LogP contribution in [0.4, 0.5) is 4.79 Å². The summed E-state index contributed by atoms with van der Waals surface area (Å²) >= 11 is 0. The Kier molecular flexibility index (Phi) is 4.55. The van der Waals surface area contributed by atoms with Gasteiger partial charge in [0.25, 0.3) is 0 Å². The van der Waals surface area contributed by atoms with Gasteiger partial charge in [0.15, 0.2) is 0 Å². The first-order chi connectivity index (χ1) is 10.3. The Labute approximate surface area is 131 Å². The Balaban J connectivity index is 2.74. The summed E-state index contributed by atoms with van der Waals surface area (Å²) in [6.45, 7) is 8.51. The Morgan fingerprint density at radius 1 is 1.09 bits per heavy atom. The van der Waals surface area contributed by atoms with Crippen molar-refractivity contribution in [1.82, 2.24) is 0 Å². The molecule has 1 N–H and O–H groups in total. The standard InChI is InChI=1S/C19H22O3/c1-5-13-9-8-12-16(22-18(20)21)17(13)14-10-6-7-11-15(14)19(2,3)4/h6-12H,5H2,1-4H3,(H,20,21). The van der Waals surface area contributed by atoms with E-state index >= 15 is 0 Å². The van der Waals surface area contributed by atoms with E-state index in [1.807, 2.05) is 30.3 Å². The normalized spacial score (nSPS) is 11.3. The first kappa shape index (κ1) is 16.1. The average molecular weight is 298 g/mol. The first-order valence-electron chi connectivity index (χ1n) is 7.47. The highest BCUT2D eigenvalue weighted by molar-refractivity contribution is 5.79. The summed E-state index contributed by atoms with van der Waals surface area (Å²) in [5, 5.41) is 9.01. The maximum atomic E-state index is 11.0. The van der Waals surface area contributed by atoms with E-state index < -0.39 is 6.16 Å². The van der Waals surface area contributed by atoms with Gasteiger partial charge in [0.05, 0.1) is 0 Å². The van der Waals surface area contributed by atoms with Crippen LogP contribution >= 0.6 is 0 Å². The summed E-state index contributed by atoms with van der Waals surface area (Å²) in [7, 11) is 0. The molecule has 0 amide bonds. The Morgan fingerprint density at radius 2 is 1.77 bits per heavy atom. The van der Waals surface area contributed by atoms with Crippen LogP contribution in [0.5, 0.6) is 5.75 Å². The minimum atomic E-state index is -1.29. The molecule has 0 fully saturated rings. The molecule has 0 aromatic heterocycles. The zero-order valence-corrected chi connectivity index (χ0v) is 13.5. The molecule has 0 radical (unpaired) electrons. The first-order valence-corrected chi connectivity index (χ1v) is 7.47. The van der Waals surface area contributed by atoms with Crippen molar-refractivity contribution >= 4 is 6.16 Å². The highest BCUT2D eigenvalue weighted by Crippen LogP contribution is 2.40. The van der Waals surface area contributed by atoms with E-state index in [1.165, 1.54) is 5.56 Å². The Morgan fingerprint density at radius 3 is 2.36 bits per heavy atom. The van der Waals surface area contributed by atoms with Crippen LogP contribution < -0.4 is 4.74 Å². The lowest BCUT2D eigenvalue weighted by molar-refractivity contribution is 0.144. The molecule has 0 bridgehead atoms. The molecule has 0 saturated heterocycles. The second-order valence-corrected chi connectivity index (χ2v) is 6.31. The lowest BCUT2D eigenvalue weighted by Gasteiger charge is -2.25. The number of carbonyl (C=O) groups is 1. The Bertz CT molecular complexity index is 681. The highest BCUT2D eigenvalue weighted by atomic mass is 16.7. The smallest absolute Gasteiger partial charge is 0.449 e. The van der Waals surface area contributed by atoms with E-state index in [-0.39, 0.29) is 5.41 Å². The van der Waals surface area contributed by atoms with Gasteiger partial charge in [0, 0.05) is 5.56 Å². The van der Waals surface area contributed by atoms with Gasteiger partial charge >= 0.3 is 6.16 Å². The van der Waals surface area contributed by atoms with Crippen molar-refractivity contribution in [2.24, 2.45) is 0 Å². The van der Waals surface area contributed by atoms with Crippen molar-refractivity contribution in [3.05, 3.63) is 53.6 Å². The zero-order chi connectivity index (χ0) is 16.3. The molecule has 0 aliphatic rings. The van der Waals surface area contributed by atoms with Crippen LogP contribution in [-0.2, 0) is 11.8 Å². The minimum absolute atomic E-state index is 0.0437. The monoisotopic (exact) mass is 298 g/mol. The number of ether oxygens (including phenoxy) is 1. The quantitative estimate of drug-likeness (QED) is 0.620. The van der Waals surface area contributed by atoms with Gasteiger partial charge in [-0.1, -0.05) is 64.1 Å². The van der Waals surface area contributed by atoms with E-state index in [1.54, 1.807) is 6.07 Å². The van der Waals surface area contributed by atoms with Gasteiger partial charge in [-0.2, -0.15) is 0 Å². The molecule has 2 rings (SSSR count). The molecular weight excluding hydrogens is 276 g/mol. The summed E-state index contributed by atoms with van der Waals surface area (Å²) in [5.41, 5.74) is 4.11. The van der Waals surface area contributed by atoms with Gasteiger partial charge in [-0.05, 0) is 34.6 Å². The second kappa shape index (κ2) is 6.22. The zero-order valence-electron chi connectivity index (χ0n) is 13.5. The molecule has 0 heterocycles. The molecule has 0 saturated carbocycles. The SMILES string of the molecule is CCc1cccc(OC(=O)O)c1-c1ccccc1C(C)(C)C. The van der Waals surface area contributed by atoms with Crippen molar-refractivity contribution in [1.29, 1.82) is 0 Å². The summed E-state index contributed by atoms with van der Waals surface area (Å²) in [4.78, 5) is 11.0. The lowest BCUT2D eigenvalue weighted by Crippen LogP contribution is -2.13. The molecule has 0 unspecified atom stereocenters. The molecular formula is C19H22O3. The van der Waals surface area contributed by atoms with Gasteiger partial charge < -0.3 is 9.84 Å². The largest absolute Gasteiger partial charge is 0.511 e. The third-order valence-corrected chi connectivity index (χ3v) is 3.70. The number of hydrogen-bond acceptors (Lipinski definition) is 2. The third kappa shape index (κ3) is 3.30. The molecule has 0 aliphatic carbocycles. The van der Waals surface area contributed by atoms with Gasteiger partial charge in [-0.15, -0.1) is 0 Å². The molecule has 3 heteroatoms. The number of benzene rings is 2. The predicted molar refractivity (Wildman–Crippen MR) is 88.6 cm³/mol. The van der Waals surface area contributed by atoms with Crippen molar-refractivity contribution < 1.29 is 14.6 Å². The van der Waals surface area contributed by atoms with Crippen LogP contribution in [0.15, 0.2) is 42.5 Å². The molecule has 0 atom stereocenters. The number of hydrogen-bond donors (Lipinski definition) is 1. The van der Waals surface area contributed by atoms with Crippen molar-refractivity contribution in [3.63, 3.8) is 0 Å². The minimum Gasteiger partial charge on any atom is -0.449 e. The van der Waals surface area contributed by atoms with Crippen LogP contribution in [0, 0.1) is 0 Å². The highest BCUT2D eigenvalue weighted by Gasteiger charge is 2.22. The predicted octanol–water partition coefficient (Wildman–Crippen LogP) is 5.27.